The van der Waals surface area contributed by atoms with E-state index >= 15 is 0 Å². The van der Waals surface area contributed by atoms with Gasteiger partial charge in [-0.1, -0.05) is 36.4 Å². The Bertz CT molecular complexity index is 1050. The van der Waals surface area contributed by atoms with E-state index in [4.69, 9.17) is 0 Å². The molecule has 0 spiro atoms. The van der Waals surface area contributed by atoms with E-state index in [0.717, 1.165) is 27.2 Å². The molecule has 3 rings (SSSR count). The summed E-state index contributed by atoms with van der Waals surface area (Å²) < 4.78 is 53.8. The van der Waals surface area contributed by atoms with Gasteiger partial charge in [0.05, 0.1) is 17.1 Å². The van der Waals surface area contributed by atoms with Crippen LogP contribution in [0.2, 0.25) is 0 Å². The Morgan fingerprint density at radius 2 is 1.64 bits per heavy atom. The molecule has 0 amide bonds. The molecule has 0 unspecified atom stereocenters. The highest BCUT2D eigenvalue weighted by Gasteiger charge is 2.25. The number of fused-ring (bicyclic) bond motifs is 1. The number of sulfonamides is 1. The summed E-state index contributed by atoms with van der Waals surface area (Å²) in [6, 6.07) is 15.1. The normalized spacial score (nSPS) is 11.4. The van der Waals surface area contributed by atoms with Gasteiger partial charge >= 0.3 is 0 Å². The molecular weight excluding hydrogens is 344 g/mol. The van der Waals surface area contributed by atoms with Crippen molar-refractivity contribution >= 4 is 26.5 Å². The van der Waals surface area contributed by atoms with Gasteiger partial charge in [0.2, 0.25) is 0 Å². The number of halogens is 2. The Morgan fingerprint density at radius 3 is 2.32 bits per heavy atom. The summed E-state index contributed by atoms with van der Waals surface area (Å²) in [7, 11) is -3.96. The largest absolute Gasteiger partial charge is 0.264 e. The van der Waals surface area contributed by atoms with Crippen LogP contribution in [0.4, 0.5) is 14.5 Å². The van der Waals surface area contributed by atoms with Gasteiger partial charge in [0.1, 0.15) is 0 Å². The van der Waals surface area contributed by atoms with Crippen molar-refractivity contribution in [2.45, 2.75) is 4.90 Å². The second-order valence-corrected chi connectivity index (χ2v) is 7.29. The highest BCUT2D eigenvalue weighted by Crippen LogP contribution is 2.27. The number of anilines is 1. The standard InChI is InChI=1S/C19H15F2NO2S/c1-2-11-22(16-8-10-18(20)19(21)13-16)25(23,24)17-9-7-14-5-3-4-6-15(14)12-17/h2-10,12-13H,1,11H2. The van der Waals surface area contributed by atoms with E-state index < -0.39 is 21.7 Å². The summed E-state index contributed by atoms with van der Waals surface area (Å²) in [5.41, 5.74) is 0.0342. The van der Waals surface area contributed by atoms with Crippen molar-refractivity contribution < 1.29 is 17.2 Å². The summed E-state index contributed by atoms with van der Waals surface area (Å²) in [4.78, 5) is 0.0674. The van der Waals surface area contributed by atoms with Gasteiger partial charge in [-0.3, -0.25) is 4.31 Å². The molecule has 0 atom stereocenters. The first kappa shape index (κ1) is 17.1. The van der Waals surface area contributed by atoms with E-state index in [1.165, 1.54) is 18.2 Å². The van der Waals surface area contributed by atoms with Gasteiger partial charge in [-0.15, -0.1) is 6.58 Å². The lowest BCUT2D eigenvalue weighted by molar-refractivity contribution is 0.508. The monoisotopic (exact) mass is 359 g/mol. The van der Waals surface area contributed by atoms with E-state index in [1.807, 2.05) is 24.3 Å². The van der Waals surface area contributed by atoms with Crippen LogP contribution in [0.15, 0.2) is 78.2 Å². The molecule has 0 bridgehead atoms. The smallest absolute Gasteiger partial charge is 0.262 e. The predicted molar refractivity (Wildman–Crippen MR) is 95.0 cm³/mol. The van der Waals surface area contributed by atoms with Gasteiger partial charge in [-0.05, 0) is 35.0 Å². The molecule has 0 aliphatic carbocycles. The summed E-state index contributed by atoms with van der Waals surface area (Å²) in [5, 5.41) is 1.68. The molecule has 25 heavy (non-hydrogen) atoms. The maximum atomic E-state index is 13.6. The van der Waals surface area contributed by atoms with E-state index in [1.54, 1.807) is 12.1 Å². The second kappa shape index (κ2) is 6.64. The Balaban J connectivity index is 2.12. The zero-order chi connectivity index (χ0) is 18.0. The zero-order valence-corrected chi connectivity index (χ0v) is 14.0. The van der Waals surface area contributed by atoms with Crippen molar-refractivity contribution in [1.29, 1.82) is 0 Å². The van der Waals surface area contributed by atoms with E-state index in [2.05, 4.69) is 6.58 Å². The fourth-order valence-corrected chi connectivity index (χ4v) is 4.02. The van der Waals surface area contributed by atoms with Crippen LogP contribution >= 0.6 is 0 Å². The highest BCUT2D eigenvalue weighted by molar-refractivity contribution is 7.92. The zero-order valence-electron chi connectivity index (χ0n) is 13.2. The van der Waals surface area contributed by atoms with E-state index in [-0.39, 0.29) is 17.1 Å². The van der Waals surface area contributed by atoms with Gasteiger partial charge in [-0.25, -0.2) is 17.2 Å². The van der Waals surface area contributed by atoms with Crippen LogP contribution in [0.25, 0.3) is 10.8 Å². The Labute approximate surface area is 144 Å². The minimum absolute atomic E-state index is 0.0342. The molecule has 3 aromatic carbocycles. The second-order valence-electron chi connectivity index (χ2n) is 5.43. The Morgan fingerprint density at radius 1 is 0.920 bits per heavy atom. The maximum Gasteiger partial charge on any atom is 0.264 e. The Hall–Kier alpha value is -2.73. The molecule has 3 nitrogen and oxygen atoms in total. The molecule has 0 aliphatic heterocycles. The molecule has 0 N–H and O–H groups in total. The Kier molecular flexibility index (Phi) is 4.55. The van der Waals surface area contributed by atoms with E-state index in [9.17, 15) is 17.2 Å². The third-order valence-corrected chi connectivity index (χ3v) is 5.58. The summed E-state index contributed by atoms with van der Waals surface area (Å²) >= 11 is 0. The van der Waals surface area contributed by atoms with E-state index in [0.29, 0.717) is 0 Å². The van der Waals surface area contributed by atoms with Crippen molar-refractivity contribution in [3.8, 4) is 0 Å². The molecule has 0 aromatic heterocycles. The van der Waals surface area contributed by atoms with Gasteiger partial charge in [-0.2, -0.15) is 0 Å². The molecule has 3 aromatic rings. The molecule has 6 heteroatoms. The number of hydrogen-bond donors (Lipinski definition) is 0. The van der Waals surface area contributed by atoms with Crippen molar-refractivity contribution in [3.05, 3.63) is 85.0 Å². The lowest BCUT2D eigenvalue weighted by Crippen LogP contribution is -2.31. The fraction of sp³-hybridized carbons (Fsp3) is 0.0526. The summed E-state index contributed by atoms with van der Waals surface area (Å²) in [5.74, 6) is -2.15. The van der Waals surface area contributed by atoms with Crippen LogP contribution in [-0.4, -0.2) is 15.0 Å². The number of benzene rings is 3. The van der Waals surface area contributed by atoms with Gasteiger partial charge in [0, 0.05) is 6.07 Å². The predicted octanol–water partition coefficient (Wildman–Crippen LogP) is 4.50. The number of nitrogens with zero attached hydrogens (tertiary/aromatic N) is 1. The highest BCUT2D eigenvalue weighted by atomic mass is 32.2. The fourth-order valence-electron chi connectivity index (χ4n) is 2.55. The average molecular weight is 359 g/mol. The van der Waals surface area contributed by atoms with Crippen LogP contribution in [0.1, 0.15) is 0 Å². The summed E-state index contributed by atoms with van der Waals surface area (Å²) in [6.45, 7) is 3.48. The van der Waals surface area contributed by atoms with Crippen molar-refractivity contribution in [2.24, 2.45) is 0 Å². The molecule has 0 aliphatic rings. The molecule has 0 saturated carbocycles. The van der Waals surface area contributed by atoms with Crippen LogP contribution < -0.4 is 4.31 Å². The minimum atomic E-state index is -3.96. The lowest BCUT2D eigenvalue weighted by Gasteiger charge is -2.23. The number of hydrogen-bond acceptors (Lipinski definition) is 2. The minimum Gasteiger partial charge on any atom is -0.262 e. The quantitative estimate of drug-likeness (QED) is 0.629. The first-order valence-corrected chi connectivity index (χ1v) is 8.95. The first-order valence-electron chi connectivity index (χ1n) is 7.51. The van der Waals surface area contributed by atoms with Crippen LogP contribution in [0.5, 0.6) is 0 Å². The van der Waals surface area contributed by atoms with Crippen LogP contribution in [-0.2, 0) is 10.0 Å². The molecule has 0 heterocycles. The van der Waals surface area contributed by atoms with Crippen molar-refractivity contribution in [2.75, 3.05) is 10.8 Å². The maximum absolute atomic E-state index is 13.6. The first-order chi connectivity index (χ1) is 11.9. The molecule has 0 saturated heterocycles. The van der Waals surface area contributed by atoms with Crippen molar-refractivity contribution in [3.63, 3.8) is 0 Å². The molecule has 0 fully saturated rings. The van der Waals surface area contributed by atoms with Gasteiger partial charge in [0.25, 0.3) is 10.0 Å². The summed E-state index contributed by atoms with van der Waals surface area (Å²) in [6.07, 6.45) is 1.39. The molecule has 0 radical (unpaired) electrons. The molecular formula is C19H15F2NO2S. The van der Waals surface area contributed by atoms with Crippen LogP contribution in [0, 0.1) is 11.6 Å². The average Bonchev–Trinajstić information content (AvgIpc) is 2.61. The third kappa shape index (κ3) is 3.25. The van der Waals surface area contributed by atoms with Gasteiger partial charge in [0.15, 0.2) is 11.6 Å². The van der Waals surface area contributed by atoms with Gasteiger partial charge < -0.3 is 0 Å². The lowest BCUT2D eigenvalue weighted by atomic mass is 10.1. The SMILES string of the molecule is C=CCN(c1ccc(F)c(F)c1)S(=O)(=O)c1ccc2ccccc2c1. The third-order valence-electron chi connectivity index (χ3n) is 3.80. The molecule has 128 valence electrons. The number of rotatable bonds is 5. The van der Waals surface area contributed by atoms with Crippen LogP contribution in [0.3, 0.4) is 0 Å². The van der Waals surface area contributed by atoms with Crippen molar-refractivity contribution in [1.82, 2.24) is 0 Å². The topological polar surface area (TPSA) is 37.4 Å².